The number of carboxylic acids is 1. The van der Waals surface area contributed by atoms with Crippen LogP contribution in [0.3, 0.4) is 0 Å². The quantitative estimate of drug-likeness (QED) is 0.791. The van der Waals surface area contributed by atoms with E-state index in [0.717, 1.165) is 16.8 Å². The van der Waals surface area contributed by atoms with Crippen molar-refractivity contribution in [3.63, 3.8) is 0 Å². The van der Waals surface area contributed by atoms with Gasteiger partial charge in [-0.1, -0.05) is 12.1 Å². The van der Waals surface area contributed by atoms with Gasteiger partial charge in [0.15, 0.2) is 11.6 Å². The fraction of sp³-hybridized carbons (Fsp3) is 0.200. The van der Waals surface area contributed by atoms with Crippen molar-refractivity contribution in [1.82, 2.24) is 9.55 Å². The second-order valence-corrected chi connectivity index (χ2v) is 4.63. The number of carbonyl (C=O) groups is 1. The minimum Gasteiger partial charge on any atom is -0.481 e. The van der Waals surface area contributed by atoms with Gasteiger partial charge in [-0.25, -0.2) is 4.98 Å². The van der Waals surface area contributed by atoms with E-state index in [2.05, 4.69) is 4.98 Å². The largest absolute Gasteiger partial charge is 0.481 e. The molecule has 0 saturated carbocycles. The van der Waals surface area contributed by atoms with Crippen LogP contribution in [0.1, 0.15) is 12.2 Å². The van der Waals surface area contributed by atoms with E-state index < -0.39 is 5.97 Å². The number of aliphatic carboxylic acids is 1. The number of nitrogens with zero attached hydrogens (tertiary/aromatic N) is 2. The first kappa shape index (κ1) is 12.5. The zero-order chi connectivity index (χ0) is 14.1. The number of fused-ring (bicyclic) bond motifs is 1. The molecule has 0 spiro atoms. The zero-order valence-electron chi connectivity index (χ0n) is 11.0. The van der Waals surface area contributed by atoms with Gasteiger partial charge < -0.3 is 14.1 Å². The Hall–Kier alpha value is -2.56. The van der Waals surface area contributed by atoms with Crippen LogP contribution in [-0.4, -0.2) is 20.6 Å². The minimum absolute atomic E-state index is 0.0487. The highest BCUT2D eigenvalue weighted by Crippen LogP contribution is 2.26. The number of para-hydroxylation sites is 2. The van der Waals surface area contributed by atoms with E-state index in [1.54, 1.807) is 0 Å². The lowest BCUT2D eigenvalue weighted by molar-refractivity contribution is -0.137. The maximum Gasteiger partial charge on any atom is 0.305 e. The molecule has 102 valence electrons. The van der Waals surface area contributed by atoms with Crippen LogP contribution in [0.15, 0.2) is 40.8 Å². The molecule has 0 aliphatic carbocycles. The van der Waals surface area contributed by atoms with E-state index in [1.807, 2.05) is 47.9 Å². The highest BCUT2D eigenvalue weighted by atomic mass is 16.4. The Balaban J connectivity index is 2.14. The molecular weight excluding hydrogens is 256 g/mol. The van der Waals surface area contributed by atoms with Gasteiger partial charge in [0.25, 0.3) is 0 Å². The first-order valence-corrected chi connectivity index (χ1v) is 6.39. The molecule has 0 radical (unpaired) electrons. The summed E-state index contributed by atoms with van der Waals surface area (Å²) in [5.41, 5.74) is 1.75. The topological polar surface area (TPSA) is 68.3 Å². The molecule has 0 saturated heterocycles. The van der Waals surface area contributed by atoms with Crippen molar-refractivity contribution in [2.45, 2.75) is 19.9 Å². The van der Waals surface area contributed by atoms with Gasteiger partial charge in [-0.3, -0.25) is 4.79 Å². The number of furan rings is 1. The first-order chi connectivity index (χ1) is 9.65. The summed E-state index contributed by atoms with van der Waals surface area (Å²) in [7, 11) is 0. The standard InChI is InChI=1S/C15H14N2O3/c1-10-6-7-13(20-10)15-16-11-4-2-3-5-12(11)17(15)9-8-14(18)19/h2-7H,8-9H2,1H3,(H,18,19). The summed E-state index contributed by atoms with van der Waals surface area (Å²) in [6, 6.07) is 11.4. The van der Waals surface area contributed by atoms with Crippen LogP contribution < -0.4 is 0 Å². The highest BCUT2D eigenvalue weighted by Gasteiger charge is 2.15. The lowest BCUT2D eigenvalue weighted by Gasteiger charge is -2.05. The summed E-state index contributed by atoms with van der Waals surface area (Å²) in [5.74, 6) is 1.30. The van der Waals surface area contributed by atoms with Gasteiger partial charge in [-0.05, 0) is 31.2 Å². The van der Waals surface area contributed by atoms with E-state index in [1.165, 1.54) is 0 Å². The predicted octanol–water partition coefficient (Wildman–Crippen LogP) is 3.08. The van der Waals surface area contributed by atoms with Gasteiger partial charge >= 0.3 is 5.97 Å². The number of carboxylic acid groups (broad SMARTS) is 1. The number of aryl methyl sites for hydroxylation is 2. The third kappa shape index (κ3) is 2.18. The van der Waals surface area contributed by atoms with Crippen LogP contribution in [0.4, 0.5) is 0 Å². The van der Waals surface area contributed by atoms with Crippen LogP contribution >= 0.6 is 0 Å². The number of rotatable bonds is 4. The predicted molar refractivity (Wildman–Crippen MR) is 74.4 cm³/mol. The molecule has 5 heteroatoms. The van der Waals surface area contributed by atoms with E-state index in [0.29, 0.717) is 18.1 Å². The summed E-state index contributed by atoms with van der Waals surface area (Å²) in [6.45, 7) is 2.23. The van der Waals surface area contributed by atoms with Crippen molar-refractivity contribution in [1.29, 1.82) is 0 Å². The molecule has 2 aromatic heterocycles. The van der Waals surface area contributed by atoms with E-state index in [-0.39, 0.29) is 6.42 Å². The second kappa shape index (κ2) is 4.85. The summed E-state index contributed by atoms with van der Waals surface area (Å²) in [5, 5.41) is 8.89. The van der Waals surface area contributed by atoms with Gasteiger partial charge in [-0.2, -0.15) is 0 Å². The molecule has 0 amide bonds. The van der Waals surface area contributed by atoms with Gasteiger partial charge in [0.2, 0.25) is 0 Å². The maximum atomic E-state index is 10.8. The van der Waals surface area contributed by atoms with Gasteiger partial charge in [0.05, 0.1) is 17.5 Å². The monoisotopic (exact) mass is 270 g/mol. The van der Waals surface area contributed by atoms with Gasteiger partial charge in [0.1, 0.15) is 5.76 Å². The van der Waals surface area contributed by atoms with Crippen molar-refractivity contribution in [3.8, 4) is 11.6 Å². The number of imidazole rings is 1. The Morgan fingerprint density at radius 1 is 1.30 bits per heavy atom. The fourth-order valence-corrected chi connectivity index (χ4v) is 2.25. The van der Waals surface area contributed by atoms with Crippen molar-refractivity contribution >= 4 is 17.0 Å². The van der Waals surface area contributed by atoms with Crippen molar-refractivity contribution in [2.24, 2.45) is 0 Å². The average Bonchev–Trinajstić information content (AvgIpc) is 2.99. The summed E-state index contributed by atoms with van der Waals surface area (Å²) in [6.07, 6.45) is 0.0487. The van der Waals surface area contributed by atoms with E-state index in [4.69, 9.17) is 9.52 Å². The Morgan fingerprint density at radius 3 is 2.80 bits per heavy atom. The molecule has 0 aliphatic heterocycles. The molecule has 0 unspecified atom stereocenters. The average molecular weight is 270 g/mol. The van der Waals surface area contributed by atoms with Gasteiger partial charge in [0, 0.05) is 6.54 Å². The number of hydrogen-bond acceptors (Lipinski definition) is 3. The lowest BCUT2D eigenvalue weighted by atomic mass is 10.3. The molecule has 1 N–H and O–H groups in total. The molecule has 5 nitrogen and oxygen atoms in total. The normalized spacial score (nSPS) is 11.1. The molecule has 20 heavy (non-hydrogen) atoms. The fourth-order valence-electron chi connectivity index (χ4n) is 2.25. The lowest BCUT2D eigenvalue weighted by Crippen LogP contribution is -2.05. The van der Waals surface area contributed by atoms with E-state index >= 15 is 0 Å². The summed E-state index contributed by atoms with van der Waals surface area (Å²) >= 11 is 0. The molecule has 0 fully saturated rings. The molecule has 2 heterocycles. The van der Waals surface area contributed by atoms with Crippen molar-refractivity contribution < 1.29 is 14.3 Å². The summed E-state index contributed by atoms with van der Waals surface area (Å²) in [4.78, 5) is 15.4. The second-order valence-electron chi connectivity index (χ2n) is 4.63. The first-order valence-electron chi connectivity index (χ1n) is 6.39. The molecule has 0 aliphatic rings. The summed E-state index contributed by atoms with van der Waals surface area (Å²) < 4.78 is 7.51. The van der Waals surface area contributed by atoms with E-state index in [9.17, 15) is 4.79 Å². The zero-order valence-corrected chi connectivity index (χ0v) is 11.0. The molecule has 0 bridgehead atoms. The molecular formula is C15H14N2O3. The van der Waals surface area contributed by atoms with Gasteiger partial charge in [-0.15, -0.1) is 0 Å². The Morgan fingerprint density at radius 2 is 2.10 bits per heavy atom. The van der Waals surface area contributed by atoms with Crippen molar-refractivity contribution in [3.05, 3.63) is 42.2 Å². The third-order valence-corrected chi connectivity index (χ3v) is 3.16. The molecule has 0 atom stereocenters. The van der Waals surface area contributed by atoms with Crippen LogP contribution in [0.25, 0.3) is 22.6 Å². The van der Waals surface area contributed by atoms with Crippen LogP contribution in [0.2, 0.25) is 0 Å². The minimum atomic E-state index is -0.829. The Labute approximate surface area is 115 Å². The van der Waals surface area contributed by atoms with Crippen molar-refractivity contribution in [2.75, 3.05) is 0 Å². The van der Waals surface area contributed by atoms with Crippen LogP contribution in [-0.2, 0) is 11.3 Å². The SMILES string of the molecule is Cc1ccc(-c2nc3ccccc3n2CCC(=O)O)o1. The number of hydrogen-bond donors (Lipinski definition) is 1. The third-order valence-electron chi connectivity index (χ3n) is 3.16. The smallest absolute Gasteiger partial charge is 0.305 e. The maximum absolute atomic E-state index is 10.8. The van der Waals surface area contributed by atoms with Crippen LogP contribution in [0.5, 0.6) is 0 Å². The number of aromatic nitrogens is 2. The highest BCUT2D eigenvalue weighted by molar-refractivity contribution is 5.80. The molecule has 1 aromatic carbocycles. The molecule has 3 aromatic rings. The molecule has 3 rings (SSSR count). The number of benzene rings is 1. The van der Waals surface area contributed by atoms with Crippen LogP contribution in [0, 0.1) is 6.92 Å². The Bertz CT molecular complexity index is 770. The Kier molecular flexibility index (Phi) is 3.02.